The van der Waals surface area contributed by atoms with Crippen molar-refractivity contribution in [2.24, 2.45) is 5.73 Å². The number of ether oxygens (including phenoxy) is 1. The highest BCUT2D eigenvalue weighted by atomic mass is 16.5. The molecule has 0 fully saturated rings. The van der Waals surface area contributed by atoms with Gasteiger partial charge in [-0.05, 0) is 18.2 Å². The summed E-state index contributed by atoms with van der Waals surface area (Å²) in [6.45, 7) is 0.220. The van der Waals surface area contributed by atoms with E-state index in [1.54, 1.807) is 29.2 Å². The summed E-state index contributed by atoms with van der Waals surface area (Å²) < 4.78 is 5.73. The van der Waals surface area contributed by atoms with Gasteiger partial charge in [-0.25, -0.2) is 0 Å². The summed E-state index contributed by atoms with van der Waals surface area (Å²) in [6, 6.07) is 15.2. The summed E-state index contributed by atoms with van der Waals surface area (Å²) in [5, 5.41) is 9.19. The van der Waals surface area contributed by atoms with E-state index in [0.717, 1.165) is 11.3 Å². The highest BCUT2D eigenvalue weighted by Crippen LogP contribution is 2.44. The number of carboxylic acid groups (broad SMARTS) is 1. The predicted octanol–water partition coefficient (Wildman–Crippen LogP) is 1.99. The number of hydrogen-bond donors (Lipinski definition) is 2. The standard InChI is InChI=1S/C19H20N2O4/c1-25-19(11-15(20)18(23)24)12-21(16-10-6-5-9-14(16)19)17(22)13-7-3-2-4-8-13/h2-10,15H,11-12,20H2,1H3,(H,23,24). The van der Waals surface area contributed by atoms with Crippen LogP contribution in [-0.4, -0.2) is 36.7 Å². The molecule has 1 amide bonds. The van der Waals surface area contributed by atoms with Crippen molar-refractivity contribution < 1.29 is 19.4 Å². The van der Waals surface area contributed by atoms with Crippen molar-refractivity contribution in [3.63, 3.8) is 0 Å². The van der Waals surface area contributed by atoms with E-state index >= 15 is 0 Å². The zero-order valence-electron chi connectivity index (χ0n) is 13.9. The number of hydrogen-bond acceptors (Lipinski definition) is 4. The van der Waals surface area contributed by atoms with Gasteiger partial charge in [-0.3, -0.25) is 9.59 Å². The second-order valence-electron chi connectivity index (χ2n) is 6.12. The van der Waals surface area contributed by atoms with Gasteiger partial charge in [-0.1, -0.05) is 36.4 Å². The fourth-order valence-corrected chi connectivity index (χ4v) is 3.31. The lowest BCUT2D eigenvalue weighted by Crippen LogP contribution is -2.44. The van der Waals surface area contributed by atoms with Gasteiger partial charge in [0.15, 0.2) is 0 Å². The van der Waals surface area contributed by atoms with E-state index in [4.69, 9.17) is 10.5 Å². The Kier molecular flexibility index (Phi) is 4.57. The van der Waals surface area contributed by atoms with Crippen molar-refractivity contribution in [3.05, 3.63) is 65.7 Å². The molecule has 0 aliphatic carbocycles. The van der Waals surface area contributed by atoms with E-state index in [1.165, 1.54) is 7.11 Å². The molecule has 0 saturated heterocycles. The molecule has 2 aromatic rings. The topological polar surface area (TPSA) is 92.9 Å². The first-order valence-corrected chi connectivity index (χ1v) is 7.98. The highest BCUT2D eigenvalue weighted by Gasteiger charge is 2.46. The van der Waals surface area contributed by atoms with Crippen LogP contribution in [-0.2, 0) is 15.1 Å². The SMILES string of the molecule is COC1(CC(N)C(=O)O)CN(C(=O)c2ccccc2)c2ccccc21. The molecular weight excluding hydrogens is 320 g/mol. The molecule has 0 saturated carbocycles. The second kappa shape index (κ2) is 6.66. The Balaban J connectivity index is 2.01. The van der Waals surface area contributed by atoms with Crippen LogP contribution in [0.25, 0.3) is 0 Å². The number of benzene rings is 2. The van der Waals surface area contributed by atoms with Crippen LogP contribution in [0.3, 0.4) is 0 Å². The normalized spacial score (nSPS) is 20.2. The van der Waals surface area contributed by atoms with E-state index in [9.17, 15) is 14.7 Å². The maximum absolute atomic E-state index is 13.0. The number of para-hydroxylation sites is 1. The number of nitrogens with two attached hydrogens (primary N) is 1. The minimum absolute atomic E-state index is 0.0778. The van der Waals surface area contributed by atoms with Crippen molar-refractivity contribution in [3.8, 4) is 0 Å². The Bertz CT molecular complexity index is 793. The maximum Gasteiger partial charge on any atom is 0.320 e. The summed E-state index contributed by atoms with van der Waals surface area (Å²) in [5.41, 5.74) is 6.87. The smallest absolute Gasteiger partial charge is 0.320 e. The van der Waals surface area contributed by atoms with E-state index in [-0.39, 0.29) is 18.9 Å². The summed E-state index contributed by atoms with van der Waals surface area (Å²) >= 11 is 0. The number of nitrogens with zero attached hydrogens (tertiary/aromatic N) is 1. The molecule has 2 aromatic carbocycles. The zero-order valence-corrected chi connectivity index (χ0v) is 13.9. The number of anilines is 1. The lowest BCUT2D eigenvalue weighted by atomic mass is 9.89. The van der Waals surface area contributed by atoms with E-state index in [0.29, 0.717) is 5.56 Å². The molecule has 6 heteroatoms. The Morgan fingerprint density at radius 2 is 1.84 bits per heavy atom. The third-order valence-corrected chi connectivity index (χ3v) is 4.62. The van der Waals surface area contributed by atoms with Gasteiger partial charge in [0.2, 0.25) is 0 Å². The van der Waals surface area contributed by atoms with Crippen molar-refractivity contribution in [1.29, 1.82) is 0 Å². The molecule has 25 heavy (non-hydrogen) atoms. The first-order chi connectivity index (χ1) is 12.0. The highest BCUT2D eigenvalue weighted by molar-refractivity contribution is 6.07. The third-order valence-electron chi connectivity index (χ3n) is 4.62. The zero-order chi connectivity index (χ0) is 18.0. The average Bonchev–Trinajstić information content (AvgIpc) is 2.97. The van der Waals surface area contributed by atoms with Crippen LogP contribution in [0.15, 0.2) is 54.6 Å². The average molecular weight is 340 g/mol. The molecule has 0 radical (unpaired) electrons. The lowest BCUT2D eigenvalue weighted by molar-refractivity contribution is -0.140. The summed E-state index contributed by atoms with van der Waals surface area (Å²) in [7, 11) is 1.52. The van der Waals surface area contributed by atoms with Gasteiger partial charge < -0.3 is 20.5 Å². The molecule has 3 rings (SSSR count). The Hall–Kier alpha value is -2.70. The van der Waals surface area contributed by atoms with Gasteiger partial charge in [0, 0.05) is 24.7 Å². The van der Waals surface area contributed by atoms with E-state index in [1.807, 2.05) is 30.3 Å². The largest absolute Gasteiger partial charge is 0.480 e. The number of carbonyl (C=O) groups excluding carboxylic acids is 1. The number of fused-ring (bicyclic) bond motifs is 1. The van der Waals surface area contributed by atoms with Crippen LogP contribution >= 0.6 is 0 Å². The van der Waals surface area contributed by atoms with Gasteiger partial charge in [0.1, 0.15) is 11.6 Å². The molecule has 1 heterocycles. The molecule has 1 aliphatic heterocycles. The molecule has 2 atom stereocenters. The van der Waals surface area contributed by atoms with Gasteiger partial charge >= 0.3 is 5.97 Å². The van der Waals surface area contributed by atoms with Crippen LogP contribution in [0, 0.1) is 0 Å². The molecule has 3 N–H and O–H groups in total. The Morgan fingerprint density at radius 1 is 1.20 bits per heavy atom. The van der Waals surface area contributed by atoms with Crippen LogP contribution < -0.4 is 10.6 Å². The number of amides is 1. The molecule has 6 nitrogen and oxygen atoms in total. The van der Waals surface area contributed by atoms with Gasteiger partial charge in [0.25, 0.3) is 5.91 Å². The number of carbonyl (C=O) groups is 2. The molecule has 0 spiro atoms. The number of rotatable bonds is 5. The fraction of sp³-hybridized carbons (Fsp3) is 0.263. The Morgan fingerprint density at radius 3 is 2.48 bits per heavy atom. The van der Waals surface area contributed by atoms with Crippen LogP contribution in [0.4, 0.5) is 5.69 Å². The second-order valence-corrected chi connectivity index (χ2v) is 6.12. The van der Waals surface area contributed by atoms with Crippen LogP contribution in [0.1, 0.15) is 22.3 Å². The summed E-state index contributed by atoms with van der Waals surface area (Å²) in [6.07, 6.45) is 0.0778. The monoisotopic (exact) mass is 340 g/mol. The first kappa shape index (κ1) is 17.1. The van der Waals surface area contributed by atoms with E-state index in [2.05, 4.69) is 0 Å². The number of methoxy groups -OCH3 is 1. The molecule has 2 unspecified atom stereocenters. The van der Waals surface area contributed by atoms with Crippen LogP contribution in [0.5, 0.6) is 0 Å². The summed E-state index contributed by atoms with van der Waals surface area (Å²) in [5.74, 6) is -1.25. The van der Waals surface area contributed by atoms with Crippen molar-refractivity contribution >= 4 is 17.6 Å². The Labute approximate surface area is 145 Å². The first-order valence-electron chi connectivity index (χ1n) is 7.98. The van der Waals surface area contributed by atoms with Gasteiger partial charge in [-0.2, -0.15) is 0 Å². The van der Waals surface area contributed by atoms with Crippen molar-refractivity contribution in [2.75, 3.05) is 18.6 Å². The summed E-state index contributed by atoms with van der Waals surface area (Å²) in [4.78, 5) is 25.8. The lowest BCUT2D eigenvalue weighted by Gasteiger charge is -2.30. The fourth-order valence-electron chi connectivity index (χ4n) is 3.31. The third kappa shape index (κ3) is 3.01. The molecule has 130 valence electrons. The molecule has 1 aliphatic rings. The number of aliphatic carboxylic acids is 1. The number of carboxylic acids is 1. The van der Waals surface area contributed by atoms with E-state index < -0.39 is 17.6 Å². The quantitative estimate of drug-likeness (QED) is 0.868. The van der Waals surface area contributed by atoms with Crippen molar-refractivity contribution in [1.82, 2.24) is 0 Å². The minimum atomic E-state index is -1.10. The molecule has 0 bridgehead atoms. The predicted molar refractivity (Wildman–Crippen MR) is 93.5 cm³/mol. The maximum atomic E-state index is 13.0. The van der Waals surface area contributed by atoms with Gasteiger partial charge in [-0.15, -0.1) is 0 Å². The molecule has 0 aromatic heterocycles. The molecular formula is C19H20N2O4. The van der Waals surface area contributed by atoms with Crippen molar-refractivity contribution in [2.45, 2.75) is 18.1 Å². The van der Waals surface area contributed by atoms with Crippen LogP contribution in [0.2, 0.25) is 0 Å². The van der Waals surface area contributed by atoms with Gasteiger partial charge in [0.05, 0.1) is 12.2 Å². The minimum Gasteiger partial charge on any atom is -0.480 e.